The van der Waals surface area contributed by atoms with Crippen LogP contribution in [-0.2, 0) is 25.2 Å². The molecular weight excluding hydrogens is 724 g/mol. The Hall–Kier alpha value is -3.98. The standard InChI is InChI=1S/C46H61ClN2O5Si/c1-7-31-52-45(51)43-36(2)33-37(3)44(47)41(43)34-38(48-53-35-42(50)49-29-21-15-22-30-49)24-16-11-9-8-10-12-23-32-54-55(46(4,5)6,39-25-17-13-18-26-39)40-27-19-14-20-28-40/h8,10,13-14,16-20,24-28,33H,7,9,11-12,15,21-23,29-32,34-35H2,1-6H3/b10-8+,24-16+,48-38+. The second kappa shape index (κ2) is 21.9. The van der Waals surface area contributed by atoms with Crippen LogP contribution in [0.25, 0.3) is 0 Å². The number of benzene rings is 3. The van der Waals surface area contributed by atoms with Crippen LogP contribution in [0, 0.1) is 13.8 Å². The molecule has 1 fully saturated rings. The molecule has 1 aliphatic rings. The lowest BCUT2D eigenvalue weighted by atomic mass is 9.94. The van der Waals surface area contributed by atoms with Gasteiger partial charge in [-0.1, -0.05) is 129 Å². The van der Waals surface area contributed by atoms with Gasteiger partial charge in [-0.2, -0.15) is 0 Å². The van der Waals surface area contributed by atoms with Crippen molar-refractivity contribution in [2.45, 2.75) is 104 Å². The molecule has 0 unspecified atom stereocenters. The second-order valence-electron chi connectivity index (χ2n) is 15.4. The Kier molecular flexibility index (Phi) is 17.4. The molecule has 0 radical (unpaired) electrons. The van der Waals surface area contributed by atoms with E-state index in [2.05, 4.69) is 105 Å². The third-order valence-electron chi connectivity index (χ3n) is 10.0. The monoisotopic (exact) mass is 784 g/mol. The molecule has 3 aromatic carbocycles. The molecule has 4 rings (SSSR count). The molecule has 55 heavy (non-hydrogen) atoms. The van der Waals surface area contributed by atoms with Crippen molar-refractivity contribution < 1.29 is 23.6 Å². The summed E-state index contributed by atoms with van der Waals surface area (Å²) >= 11 is 6.84. The van der Waals surface area contributed by atoms with Crippen LogP contribution in [0.4, 0.5) is 0 Å². The van der Waals surface area contributed by atoms with E-state index in [0.29, 0.717) is 35.1 Å². The molecule has 1 saturated heterocycles. The number of esters is 1. The summed E-state index contributed by atoms with van der Waals surface area (Å²) in [5.74, 6) is -0.468. The zero-order valence-electron chi connectivity index (χ0n) is 33.9. The van der Waals surface area contributed by atoms with Crippen LogP contribution in [0.2, 0.25) is 10.1 Å². The molecule has 0 bridgehead atoms. The highest BCUT2D eigenvalue weighted by atomic mass is 35.5. The Bertz CT molecular complexity index is 1720. The van der Waals surface area contributed by atoms with Crippen LogP contribution in [0.5, 0.6) is 0 Å². The predicted octanol–water partition coefficient (Wildman–Crippen LogP) is 9.70. The summed E-state index contributed by atoms with van der Waals surface area (Å²) in [4.78, 5) is 33.5. The number of unbranched alkanes of at least 4 members (excludes halogenated alkanes) is 2. The Balaban J connectivity index is 1.40. The maximum Gasteiger partial charge on any atom is 0.338 e. The maximum atomic E-state index is 13.2. The Morgan fingerprint density at radius 1 is 0.855 bits per heavy atom. The molecule has 1 heterocycles. The van der Waals surface area contributed by atoms with Crippen molar-refractivity contribution in [3.8, 4) is 0 Å². The minimum Gasteiger partial charge on any atom is -0.462 e. The molecule has 0 saturated carbocycles. The van der Waals surface area contributed by atoms with Crippen molar-refractivity contribution in [1.29, 1.82) is 0 Å². The number of oxime groups is 1. The zero-order chi connectivity index (χ0) is 39.7. The number of halogens is 1. The Labute approximate surface area is 335 Å². The molecule has 9 heteroatoms. The number of nitrogens with zero attached hydrogens (tertiary/aromatic N) is 2. The smallest absolute Gasteiger partial charge is 0.338 e. The molecule has 0 aliphatic carbocycles. The van der Waals surface area contributed by atoms with Gasteiger partial charge < -0.3 is 18.9 Å². The van der Waals surface area contributed by atoms with E-state index in [1.807, 2.05) is 37.8 Å². The van der Waals surface area contributed by atoms with Gasteiger partial charge in [0.05, 0.1) is 17.9 Å². The largest absolute Gasteiger partial charge is 0.462 e. The van der Waals surface area contributed by atoms with Gasteiger partial charge in [0.15, 0.2) is 6.61 Å². The molecule has 1 amide bonds. The second-order valence-corrected chi connectivity index (χ2v) is 20.1. The van der Waals surface area contributed by atoms with Crippen LogP contribution < -0.4 is 10.4 Å². The van der Waals surface area contributed by atoms with E-state index >= 15 is 0 Å². The van der Waals surface area contributed by atoms with Crippen molar-refractivity contribution in [3.63, 3.8) is 0 Å². The number of carbonyl (C=O) groups excluding carboxylic acids is 2. The average Bonchev–Trinajstić information content (AvgIpc) is 3.18. The van der Waals surface area contributed by atoms with Gasteiger partial charge in [0, 0.05) is 31.1 Å². The van der Waals surface area contributed by atoms with Crippen molar-refractivity contribution in [2.24, 2.45) is 5.16 Å². The van der Waals surface area contributed by atoms with E-state index in [-0.39, 0.29) is 24.0 Å². The number of piperidine rings is 1. The van der Waals surface area contributed by atoms with Gasteiger partial charge in [-0.05, 0) is 103 Å². The fourth-order valence-corrected chi connectivity index (χ4v) is 12.1. The Morgan fingerprint density at radius 3 is 2.09 bits per heavy atom. The topological polar surface area (TPSA) is 77.4 Å². The highest BCUT2D eigenvalue weighted by Gasteiger charge is 2.49. The van der Waals surface area contributed by atoms with Crippen molar-refractivity contribution in [2.75, 3.05) is 32.9 Å². The highest BCUT2D eigenvalue weighted by molar-refractivity contribution is 6.99. The van der Waals surface area contributed by atoms with Crippen LogP contribution >= 0.6 is 11.6 Å². The number of amides is 1. The first-order chi connectivity index (χ1) is 26.5. The quantitative estimate of drug-likeness (QED) is 0.0302. The maximum absolute atomic E-state index is 13.2. The van der Waals surface area contributed by atoms with E-state index in [1.165, 1.54) is 10.4 Å². The van der Waals surface area contributed by atoms with Crippen LogP contribution in [0.3, 0.4) is 0 Å². The molecule has 0 N–H and O–H groups in total. The average molecular weight is 786 g/mol. The van der Waals surface area contributed by atoms with E-state index in [0.717, 1.165) is 75.6 Å². The molecule has 0 aromatic heterocycles. The molecule has 0 spiro atoms. The predicted molar refractivity (Wildman–Crippen MR) is 229 cm³/mol. The number of rotatable bonds is 19. The summed E-state index contributed by atoms with van der Waals surface area (Å²) in [5.41, 5.74) is 3.34. The van der Waals surface area contributed by atoms with E-state index in [9.17, 15) is 9.59 Å². The van der Waals surface area contributed by atoms with Crippen molar-refractivity contribution in [3.05, 3.63) is 118 Å². The third-order valence-corrected chi connectivity index (χ3v) is 15.6. The van der Waals surface area contributed by atoms with Gasteiger partial charge >= 0.3 is 5.97 Å². The fraction of sp³-hybridized carbons (Fsp3) is 0.457. The van der Waals surface area contributed by atoms with Crippen LogP contribution in [0.15, 0.2) is 96.2 Å². The Morgan fingerprint density at radius 2 is 1.47 bits per heavy atom. The molecule has 1 aliphatic heterocycles. The van der Waals surface area contributed by atoms with Gasteiger partial charge in [-0.3, -0.25) is 4.79 Å². The fourth-order valence-electron chi connectivity index (χ4n) is 7.31. The van der Waals surface area contributed by atoms with Gasteiger partial charge in [0.1, 0.15) is 0 Å². The first-order valence-corrected chi connectivity index (χ1v) is 22.3. The highest BCUT2D eigenvalue weighted by Crippen LogP contribution is 2.37. The van der Waals surface area contributed by atoms with E-state index in [1.54, 1.807) is 0 Å². The normalized spacial score (nSPS) is 14.2. The lowest BCUT2D eigenvalue weighted by Crippen LogP contribution is -2.66. The number of allylic oxidation sites excluding steroid dienone is 4. The molecular formula is C46H61ClN2O5Si. The first kappa shape index (κ1) is 43.7. The summed E-state index contributed by atoms with van der Waals surface area (Å²) in [7, 11) is -2.54. The SMILES string of the molecule is CCCOC(=O)c1c(C)cc(C)c(Cl)c1CC(/C=C/CC/C=C/CCCO[Si](c1ccccc1)(c1ccccc1)C(C)(C)C)=N/OCC(=O)N1CCCCC1. The van der Waals surface area contributed by atoms with Crippen LogP contribution in [0.1, 0.15) is 106 Å². The lowest BCUT2D eigenvalue weighted by Gasteiger charge is -2.43. The number of likely N-dealkylation sites (tertiary alicyclic amines) is 1. The zero-order valence-corrected chi connectivity index (χ0v) is 35.6. The van der Waals surface area contributed by atoms with Gasteiger partial charge in [0.2, 0.25) is 0 Å². The first-order valence-electron chi connectivity index (χ1n) is 20.0. The number of ether oxygens (including phenoxy) is 1. The minimum atomic E-state index is -2.54. The molecule has 7 nitrogen and oxygen atoms in total. The van der Waals surface area contributed by atoms with Crippen LogP contribution in [-0.4, -0.2) is 63.7 Å². The lowest BCUT2D eigenvalue weighted by molar-refractivity contribution is -0.137. The summed E-state index contributed by atoms with van der Waals surface area (Å²) in [6.45, 7) is 15.1. The van der Waals surface area contributed by atoms with Gasteiger partial charge in [-0.25, -0.2) is 4.79 Å². The number of hydrogen-bond donors (Lipinski definition) is 0. The van der Waals surface area contributed by atoms with Crippen molar-refractivity contribution >= 4 is 47.9 Å². The van der Waals surface area contributed by atoms with E-state index in [4.69, 9.17) is 25.6 Å². The minimum absolute atomic E-state index is 0.0443. The van der Waals surface area contributed by atoms with Gasteiger partial charge in [-0.15, -0.1) is 0 Å². The third kappa shape index (κ3) is 12.3. The molecule has 3 aromatic rings. The summed E-state index contributed by atoms with van der Waals surface area (Å²) in [6.07, 6.45) is 16.0. The summed E-state index contributed by atoms with van der Waals surface area (Å²) in [5, 5.41) is 7.46. The number of hydrogen-bond acceptors (Lipinski definition) is 6. The van der Waals surface area contributed by atoms with Gasteiger partial charge in [0.25, 0.3) is 14.2 Å². The number of carbonyl (C=O) groups is 2. The van der Waals surface area contributed by atoms with Crippen molar-refractivity contribution in [1.82, 2.24) is 4.90 Å². The summed E-state index contributed by atoms with van der Waals surface area (Å²) in [6, 6.07) is 23.4. The van der Waals surface area contributed by atoms with E-state index < -0.39 is 14.3 Å². The molecule has 0 atom stereocenters. The number of aryl methyl sites for hydroxylation is 2. The summed E-state index contributed by atoms with van der Waals surface area (Å²) < 4.78 is 12.6. The molecule has 296 valence electrons.